The van der Waals surface area contributed by atoms with Crippen molar-refractivity contribution in [1.29, 1.82) is 0 Å². The SMILES string of the molecule is NCC(=O)NCc1cn(Cc2ccc(F)cc2Cl)nn1. The minimum Gasteiger partial charge on any atom is -0.349 e. The molecule has 0 atom stereocenters. The number of aromatic nitrogens is 3. The summed E-state index contributed by atoms with van der Waals surface area (Å²) in [6.45, 7) is 0.559. The van der Waals surface area contributed by atoms with Gasteiger partial charge in [-0.15, -0.1) is 5.10 Å². The molecule has 1 aromatic heterocycles. The fourth-order valence-electron chi connectivity index (χ4n) is 1.58. The van der Waals surface area contributed by atoms with Crippen LogP contribution in [-0.4, -0.2) is 27.4 Å². The van der Waals surface area contributed by atoms with E-state index in [0.717, 1.165) is 5.56 Å². The van der Waals surface area contributed by atoms with E-state index in [-0.39, 0.29) is 24.8 Å². The molecule has 0 saturated carbocycles. The number of nitrogens with one attached hydrogen (secondary N) is 1. The van der Waals surface area contributed by atoms with E-state index < -0.39 is 0 Å². The largest absolute Gasteiger partial charge is 0.349 e. The molecular weight excluding hydrogens is 285 g/mol. The highest BCUT2D eigenvalue weighted by molar-refractivity contribution is 6.31. The van der Waals surface area contributed by atoms with Gasteiger partial charge < -0.3 is 11.1 Å². The Kier molecular flexibility index (Phi) is 4.65. The summed E-state index contributed by atoms with van der Waals surface area (Å²) in [5, 5.41) is 10.7. The van der Waals surface area contributed by atoms with Crippen LogP contribution in [0, 0.1) is 5.82 Å². The minimum atomic E-state index is -0.387. The zero-order valence-corrected chi connectivity index (χ0v) is 11.3. The van der Waals surface area contributed by atoms with Gasteiger partial charge in [0, 0.05) is 5.02 Å². The first-order valence-corrected chi connectivity index (χ1v) is 6.26. The summed E-state index contributed by atoms with van der Waals surface area (Å²) >= 11 is 5.94. The van der Waals surface area contributed by atoms with Crippen LogP contribution in [0.3, 0.4) is 0 Å². The third kappa shape index (κ3) is 3.75. The second-order valence-electron chi connectivity index (χ2n) is 4.12. The van der Waals surface area contributed by atoms with E-state index in [2.05, 4.69) is 15.6 Å². The van der Waals surface area contributed by atoms with Gasteiger partial charge in [-0.1, -0.05) is 22.9 Å². The number of carbonyl (C=O) groups is 1. The lowest BCUT2D eigenvalue weighted by atomic mass is 10.2. The van der Waals surface area contributed by atoms with Crippen molar-refractivity contribution in [2.24, 2.45) is 5.73 Å². The zero-order chi connectivity index (χ0) is 14.5. The molecule has 0 fully saturated rings. The minimum absolute atomic E-state index is 0.0701. The van der Waals surface area contributed by atoms with Crippen LogP contribution in [-0.2, 0) is 17.9 Å². The van der Waals surface area contributed by atoms with Gasteiger partial charge in [-0.2, -0.15) is 0 Å². The number of nitrogens with zero attached hydrogens (tertiary/aromatic N) is 3. The van der Waals surface area contributed by atoms with Crippen LogP contribution in [0.15, 0.2) is 24.4 Å². The van der Waals surface area contributed by atoms with Crippen molar-refractivity contribution in [2.45, 2.75) is 13.1 Å². The van der Waals surface area contributed by atoms with Gasteiger partial charge in [0.1, 0.15) is 11.5 Å². The lowest BCUT2D eigenvalue weighted by molar-refractivity contribution is -0.119. The molecule has 6 nitrogen and oxygen atoms in total. The monoisotopic (exact) mass is 297 g/mol. The van der Waals surface area contributed by atoms with Crippen molar-refractivity contribution in [3.63, 3.8) is 0 Å². The van der Waals surface area contributed by atoms with E-state index in [1.165, 1.54) is 12.1 Å². The summed E-state index contributed by atoms with van der Waals surface area (Å²) < 4.78 is 14.5. The number of halogens is 2. The first-order chi connectivity index (χ1) is 9.58. The Labute approximate surface area is 119 Å². The van der Waals surface area contributed by atoms with Crippen molar-refractivity contribution in [2.75, 3.05) is 6.54 Å². The first-order valence-electron chi connectivity index (χ1n) is 5.88. The maximum absolute atomic E-state index is 12.9. The quantitative estimate of drug-likeness (QED) is 0.850. The standard InChI is InChI=1S/C12H13ClFN5O/c13-11-3-9(14)2-1-8(11)6-19-7-10(17-18-19)5-16-12(20)4-15/h1-3,7H,4-6,15H2,(H,16,20). The molecule has 0 bridgehead atoms. The Morgan fingerprint density at radius 2 is 2.30 bits per heavy atom. The van der Waals surface area contributed by atoms with Crippen molar-refractivity contribution in [3.05, 3.63) is 46.5 Å². The highest BCUT2D eigenvalue weighted by Crippen LogP contribution is 2.18. The number of carbonyl (C=O) groups excluding carboxylic acids is 1. The van der Waals surface area contributed by atoms with Crippen molar-refractivity contribution in [1.82, 2.24) is 20.3 Å². The molecule has 8 heteroatoms. The Hall–Kier alpha value is -1.99. The van der Waals surface area contributed by atoms with Gasteiger partial charge in [-0.25, -0.2) is 9.07 Å². The van der Waals surface area contributed by atoms with Crippen LogP contribution < -0.4 is 11.1 Å². The Morgan fingerprint density at radius 3 is 3.00 bits per heavy atom. The third-order valence-corrected chi connectivity index (χ3v) is 2.94. The molecule has 0 aliphatic rings. The van der Waals surface area contributed by atoms with Crippen LogP contribution >= 0.6 is 11.6 Å². The predicted octanol–water partition coefficient (Wildman–Crippen LogP) is 0.694. The molecule has 2 rings (SSSR count). The molecule has 1 amide bonds. The average molecular weight is 298 g/mol. The Morgan fingerprint density at radius 1 is 1.50 bits per heavy atom. The van der Waals surface area contributed by atoms with Crippen LogP contribution in [0.1, 0.15) is 11.3 Å². The van der Waals surface area contributed by atoms with Gasteiger partial charge in [0.05, 0.1) is 25.8 Å². The second kappa shape index (κ2) is 6.44. The van der Waals surface area contributed by atoms with E-state index in [1.54, 1.807) is 16.9 Å². The van der Waals surface area contributed by atoms with Crippen molar-refractivity contribution in [3.8, 4) is 0 Å². The number of hydrogen-bond acceptors (Lipinski definition) is 4. The number of hydrogen-bond donors (Lipinski definition) is 2. The van der Waals surface area contributed by atoms with E-state index >= 15 is 0 Å². The average Bonchev–Trinajstić information content (AvgIpc) is 2.87. The predicted molar refractivity (Wildman–Crippen MR) is 71.4 cm³/mol. The second-order valence-corrected chi connectivity index (χ2v) is 4.53. The summed E-state index contributed by atoms with van der Waals surface area (Å²) in [7, 11) is 0. The molecule has 0 aliphatic carbocycles. The van der Waals surface area contributed by atoms with Crippen LogP contribution in [0.25, 0.3) is 0 Å². The molecule has 0 aliphatic heterocycles. The highest BCUT2D eigenvalue weighted by atomic mass is 35.5. The Balaban J connectivity index is 2.00. The van der Waals surface area contributed by atoms with E-state index in [0.29, 0.717) is 17.3 Å². The van der Waals surface area contributed by atoms with Gasteiger partial charge in [0.25, 0.3) is 0 Å². The zero-order valence-electron chi connectivity index (χ0n) is 10.5. The molecule has 3 N–H and O–H groups in total. The highest BCUT2D eigenvalue weighted by Gasteiger charge is 2.06. The topological polar surface area (TPSA) is 85.8 Å². The number of nitrogens with two attached hydrogens (primary N) is 1. The summed E-state index contributed by atoms with van der Waals surface area (Å²) in [6.07, 6.45) is 1.68. The molecule has 1 aromatic carbocycles. The van der Waals surface area contributed by atoms with Crippen molar-refractivity contribution < 1.29 is 9.18 Å². The van der Waals surface area contributed by atoms with Crippen LogP contribution in [0.5, 0.6) is 0 Å². The smallest absolute Gasteiger partial charge is 0.234 e. The lowest BCUT2D eigenvalue weighted by Gasteiger charge is -2.03. The maximum atomic E-state index is 12.9. The molecule has 20 heavy (non-hydrogen) atoms. The van der Waals surface area contributed by atoms with Crippen LogP contribution in [0.2, 0.25) is 5.02 Å². The fourth-order valence-corrected chi connectivity index (χ4v) is 1.81. The number of rotatable bonds is 5. The summed E-state index contributed by atoms with van der Waals surface area (Å²) in [5.41, 5.74) is 6.51. The maximum Gasteiger partial charge on any atom is 0.234 e. The molecular formula is C12H13ClFN5O. The van der Waals surface area contributed by atoms with Gasteiger partial charge in [0.15, 0.2) is 0 Å². The van der Waals surface area contributed by atoms with Crippen LogP contribution in [0.4, 0.5) is 4.39 Å². The lowest BCUT2D eigenvalue weighted by Crippen LogP contribution is -2.29. The molecule has 0 saturated heterocycles. The molecule has 0 radical (unpaired) electrons. The van der Waals surface area contributed by atoms with Gasteiger partial charge in [-0.05, 0) is 17.7 Å². The molecule has 106 valence electrons. The number of amides is 1. The molecule has 1 heterocycles. The summed E-state index contributed by atoms with van der Waals surface area (Å²) in [6, 6.07) is 4.17. The van der Waals surface area contributed by atoms with E-state index in [1.807, 2.05) is 0 Å². The third-order valence-electron chi connectivity index (χ3n) is 2.59. The normalized spacial score (nSPS) is 10.6. The fraction of sp³-hybridized carbons (Fsp3) is 0.250. The molecule has 2 aromatic rings. The molecule has 0 spiro atoms. The van der Waals surface area contributed by atoms with Gasteiger partial charge in [0.2, 0.25) is 5.91 Å². The van der Waals surface area contributed by atoms with Gasteiger partial charge in [-0.3, -0.25) is 4.79 Å². The Bertz CT molecular complexity index is 616. The molecule has 0 unspecified atom stereocenters. The summed E-state index contributed by atoms with van der Waals surface area (Å²) in [4.78, 5) is 11.0. The van der Waals surface area contributed by atoms with E-state index in [4.69, 9.17) is 17.3 Å². The summed E-state index contributed by atoms with van der Waals surface area (Å²) in [5.74, 6) is -0.649. The number of benzene rings is 1. The van der Waals surface area contributed by atoms with Crippen molar-refractivity contribution >= 4 is 17.5 Å². The van der Waals surface area contributed by atoms with Gasteiger partial charge >= 0.3 is 0 Å². The van der Waals surface area contributed by atoms with E-state index in [9.17, 15) is 9.18 Å². The first kappa shape index (κ1) is 14.4.